The second-order valence-corrected chi connectivity index (χ2v) is 11.2. The van der Waals surface area contributed by atoms with Crippen LogP contribution in [0.25, 0.3) is 10.8 Å². The molecule has 0 radical (unpaired) electrons. The van der Waals surface area contributed by atoms with Crippen molar-refractivity contribution in [1.29, 1.82) is 0 Å². The molecule has 1 N–H and O–H groups in total. The van der Waals surface area contributed by atoms with E-state index < -0.39 is 11.6 Å². The molecule has 0 aliphatic heterocycles. The number of benzene rings is 4. The van der Waals surface area contributed by atoms with Gasteiger partial charge in [0.05, 0.1) is 0 Å². The van der Waals surface area contributed by atoms with Gasteiger partial charge in [-0.05, 0) is 49.9 Å². The molecule has 0 spiro atoms. The highest BCUT2D eigenvalue weighted by Gasteiger charge is 2.33. The molecule has 0 bridgehead atoms. The van der Waals surface area contributed by atoms with Crippen molar-refractivity contribution >= 4 is 45.8 Å². The van der Waals surface area contributed by atoms with Crippen LogP contribution in [0.15, 0.2) is 91.0 Å². The lowest BCUT2D eigenvalue weighted by molar-refractivity contribution is -0.143. The molecule has 2 amide bonds. The summed E-state index contributed by atoms with van der Waals surface area (Å²) in [6.07, 6.45) is 0.310. The van der Waals surface area contributed by atoms with E-state index in [0.717, 1.165) is 16.3 Å². The molecule has 39 heavy (non-hydrogen) atoms. The van der Waals surface area contributed by atoms with Crippen LogP contribution >= 0.6 is 23.2 Å². The van der Waals surface area contributed by atoms with Crippen LogP contribution in [-0.4, -0.2) is 34.9 Å². The molecule has 0 fully saturated rings. The Bertz CT molecular complexity index is 1430. The molecule has 4 aromatic carbocycles. The van der Waals surface area contributed by atoms with E-state index in [2.05, 4.69) is 5.32 Å². The minimum Gasteiger partial charge on any atom is -0.483 e. The number of amides is 2. The molecule has 0 saturated carbocycles. The van der Waals surface area contributed by atoms with E-state index in [9.17, 15) is 9.59 Å². The third-order valence-corrected chi connectivity index (χ3v) is 6.97. The first-order chi connectivity index (χ1) is 18.6. The van der Waals surface area contributed by atoms with Crippen molar-refractivity contribution in [2.75, 3.05) is 6.61 Å². The Balaban J connectivity index is 1.70. The monoisotopic (exact) mass is 562 g/mol. The summed E-state index contributed by atoms with van der Waals surface area (Å²) in [7, 11) is 0. The SMILES string of the molecule is CC(C)(C)NC(=O)[C@@H](Cc1ccccc1)N(Cc1c(Cl)cccc1Cl)C(=O)COc1cccc2ccccc12. The van der Waals surface area contributed by atoms with Gasteiger partial charge < -0.3 is 15.0 Å². The fourth-order valence-electron chi connectivity index (χ4n) is 4.40. The number of ether oxygens (including phenoxy) is 1. The molecule has 0 aromatic heterocycles. The zero-order valence-electron chi connectivity index (χ0n) is 22.3. The van der Waals surface area contributed by atoms with E-state index in [1.165, 1.54) is 4.90 Å². The molecule has 7 heteroatoms. The van der Waals surface area contributed by atoms with Crippen LogP contribution < -0.4 is 10.1 Å². The Labute approximate surface area is 239 Å². The van der Waals surface area contributed by atoms with Gasteiger partial charge in [-0.2, -0.15) is 0 Å². The normalized spacial score (nSPS) is 12.1. The quantitative estimate of drug-likeness (QED) is 0.237. The summed E-state index contributed by atoms with van der Waals surface area (Å²) in [6, 6.07) is 27.5. The summed E-state index contributed by atoms with van der Waals surface area (Å²) in [5.74, 6) is -0.0344. The second-order valence-electron chi connectivity index (χ2n) is 10.4. The van der Waals surface area contributed by atoms with Crippen LogP contribution in [0.1, 0.15) is 31.9 Å². The first-order valence-corrected chi connectivity index (χ1v) is 13.6. The van der Waals surface area contributed by atoms with Crippen molar-refractivity contribution in [3.8, 4) is 5.75 Å². The molecule has 4 rings (SSSR count). The molecule has 0 unspecified atom stereocenters. The topological polar surface area (TPSA) is 58.6 Å². The van der Waals surface area contributed by atoms with Gasteiger partial charge in [0.2, 0.25) is 5.91 Å². The van der Waals surface area contributed by atoms with E-state index in [0.29, 0.717) is 27.8 Å². The largest absolute Gasteiger partial charge is 0.483 e. The first kappa shape index (κ1) is 28.5. The number of nitrogens with one attached hydrogen (secondary N) is 1. The van der Waals surface area contributed by atoms with Crippen molar-refractivity contribution in [2.24, 2.45) is 0 Å². The fraction of sp³-hybridized carbons (Fsp3) is 0.250. The van der Waals surface area contributed by atoms with Gasteiger partial charge in [-0.3, -0.25) is 9.59 Å². The molecular weight excluding hydrogens is 531 g/mol. The number of hydrogen-bond donors (Lipinski definition) is 1. The molecule has 0 heterocycles. The lowest BCUT2D eigenvalue weighted by Gasteiger charge is -2.34. The van der Waals surface area contributed by atoms with Crippen LogP contribution in [0.2, 0.25) is 10.0 Å². The van der Waals surface area contributed by atoms with Gasteiger partial charge in [-0.1, -0.05) is 96.0 Å². The third kappa shape index (κ3) is 7.53. The van der Waals surface area contributed by atoms with E-state index in [1.54, 1.807) is 18.2 Å². The average Bonchev–Trinajstić information content (AvgIpc) is 2.90. The highest BCUT2D eigenvalue weighted by atomic mass is 35.5. The van der Waals surface area contributed by atoms with Crippen molar-refractivity contribution < 1.29 is 14.3 Å². The number of fused-ring (bicyclic) bond motifs is 1. The summed E-state index contributed by atoms with van der Waals surface area (Å²) in [5.41, 5.74) is 0.993. The van der Waals surface area contributed by atoms with Gasteiger partial charge in [-0.15, -0.1) is 0 Å². The highest BCUT2D eigenvalue weighted by Crippen LogP contribution is 2.28. The number of carbonyl (C=O) groups is 2. The van der Waals surface area contributed by atoms with E-state index in [1.807, 2.05) is 93.6 Å². The zero-order valence-corrected chi connectivity index (χ0v) is 23.8. The highest BCUT2D eigenvalue weighted by molar-refractivity contribution is 6.36. The molecule has 5 nitrogen and oxygen atoms in total. The molecular formula is C32H32Cl2N2O3. The fourth-order valence-corrected chi connectivity index (χ4v) is 4.92. The summed E-state index contributed by atoms with van der Waals surface area (Å²) >= 11 is 13.0. The Kier molecular flexibility index (Phi) is 9.16. The summed E-state index contributed by atoms with van der Waals surface area (Å²) in [4.78, 5) is 29.1. The van der Waals surface area contributed by atoms with Gasteiger partial charge in [-0.25, -0.2) is 0 Å². The van der Waals surface area contributed by atoms with Gasteiger partial charge >= 0.3 is 0 Å². The molecule has 0 saturated heterocycles. The third-order valence-electron chi connectivity index (χ3n) is 6.26. The van der Waals surface area contributed by atoms with Crippen LogP contribution in [0, 0.1) is 0 Å². The predicted octanol–water partition coefficient (Wildman–Crippen LogP) is 7.08. The van der Waals surface area contributed by atoms with Gasteiger partial charge in [0.25, 0.3) is 5.91 Å². The van der Waals surface area contributed by atoms with Gasteiger partial charge in [0, 0.05) is 39.5 Å². The average molecular weight is 564 g/mol. The summed E-state index contributed by atoms with van der Waals surface area (Å²) in [6.45, 7) is 5.51. The maximum Gasteiger partial charge on any atom is 0.261 e. The van der Waals surface area contributed by atoms with Crippen LogP contribution in [0.4, 0.5) is 0 Å². The molecule has 202 valence electrons. The van der Waals surface area contributed by atoms with Crippen molar-refractivity contribution in [1.82, 2.24) is 10.2 Å². The first-order valence-electron chi connectivity index (χ1n) is 12.8. The van der Waals surface area contributed by atoms with E-state index in [4.69, 9.17) is 27.9 Å². The number of nitrogens with zero attached hydrogens (tertiary/aromatic N) is 1. The van der Waals surface area contributed by atoms with Gasteiger partial charge in [0.1, 0.15) is 11.8 Å². The standard InChI is InChI=1S/C32H32Cl2N2O3/c1-32(2,3)35-31(38)28(19-22-11-5-4-6-12-22)36(20-25-26(33)16-10-17-27(25)34)30(37)21-39-29-18-9-14-23-13-7-8-15-24(23)29/h4-18,28H,19-21H2,1-3H3,(H,35,38)/t28-/m1/s1. The Hall–Kier alpha value is -3.54. The second kappa shape index (κ2) is 12.5. The zero-order chi connectivity index (χ0) is 28.0. The van der Waals surface area contributed by atoms with Crippen molar-refractivity contribution in [3.63, 3.8) is 0 Å². The minimum atomic E-state index is -0.831. The van der Waals surface area contributed by atoms with Gasteiger partial charge in [0.15, 0.2) is 6.61 Å². The van der Waals surface area contributed by atoms with E-state index in [-0.39, 0.29) is 25.0 Å². The Morgan fingerprint density at radius 2 is 1.46 bits per heavy atom. The Morgan fingerprint density at radius 3 is 2.15 bits per heavy atom. The maximum atomic E-state index is 13.9. The number of hydrogen-bond acceptors (Lipinski definition) is 3. The van der Waals surface area contributed by atoms with E-state index >= 15 is 0 Å². The predicted molar refractivity (Wildman–Crippen MR) is 158 cm³/mol. The number of halogens is 2. The smallest absolute Gasteiger partial charge is 0.261 e. The van der Waals surface area contributed by atoms with Crippen molar-refractivity contribution in [3.05, 3.63) is 112 Å². The molecule has 0 aliphatic rings. The van der Waals surface area contributed by atoms with Crippen LogP contribution in [0.3, 0.4) is 0 Å². The maximum absolute atomic E-state index is 13.9. The lowest BCUT2D eigenvalue weighted by atomic mass is 10.0. The summed E-state index contributed by atoms with van der Waals surface area (Å²) in [5, 5.41) is 5.80. The van der Waals surface area contributed by atoms with Crippen LogP contribution in [-0.2, 0) is 22.6 Å². The number of rotatable bonds is 9. The molecule has 1 atom stereocenters. The summed E-state index contributed by atoms with van der Waals surface area (Å²) < 4.78 is 6.05. The van der Waals surface area contributed by atoms with Crippen LogP contribution in [0.5, 0.6) is 5.75 Å². The Morgan fingerprint density at radius 1 is 0.846 bits per heavy atom. The minimum absolute atomic E-state index is 0.0469. The van der Waals surface area contributed by atoms with Crippen molar-refractivity contribution in [2.45, 2.75) is 45.3 Å². The lowest BCUT2D eigenvalue weighted by Crippen LogP contribution is -2.55. The molecule has 4 aromatic rings. The molecule has 0 aliphatic carbocycles. The number of carbonyl (C=O) groups excluding carboxylic acids is 2.